The van der Waals surface area contributed by atoms with E-state index < -0.39 is 5.60 Å². The van der Waals surface area contributed by atoms with E-state index in [9.17, 15) is 9.90 Å². The fraction of sp³-hybridized carbons (Fsp3) is 0.581. The van der Waals surface area contributed by atoms with Crippen molar-refractivity contribution in [2.24, 2.45) is 5.92 Å². The number of aryl methyl sites for hydroxylation is 1. The third kappa shape index (κ3) is 7.79. The summed E-state index contributed by atoms with van der Waals surface area (Å²) in [6, 6.07) is 15.0. The zero-order chi connectivity index (χ0) is 26.6. The lowest BCUT2D eigenvalue weighted by Crippen LogP contribution is -2.48. The maximum Gasteiger partial charge on any atom is 0.229 e. The average Bonchev–Trinajstić information content (AvgIpc) is 2.84. The molecular formula is C31H45N3O3. The second kappa shape index (κ2) is 12.0. The summed E-state index contributed by atoms with van der Waals surface area (Å²) in [5.74, 6) is 1.09. The Kier molecular flexibility index (Phi) is 8.94. The highest BCUT2D eigenvalue weighted by molar-refractivity contribution is 5.94. The van der Waals surface area contributed by atoms with Gasteiger partial charge in [-0.3, -0.25) is 9.69 Å². The van der Waals surface area contributed by atoms with E-state index in [0.717, 1.165) is 68.9 Å². The Hall–Kier alpha value is -2.41. The van der Waals surface area contributed by atoms with Crippen LogP contribution in [-0.4, -0.2) is 60.3 Å². The lowest BCUT2D eigenvalue weighted by Gasteiger charge is -2.32. The molecular weight excluding hydrogens is 462 g/mol. The van der Waals surface area contributed by atoms with Crippen LogP contribution in [0.3, 0.4) is 0 Å². The van der Waals surface area contributed by atoms with E-state index in [4.69, 9.17) is 4.74 Å². The van der Waals surface area contributed by atoms with Crippen molar-refractivity contribution in [1.29, 1.82) is 0 Å². The number of carbonyl (C=O) groups excluding carboxylic acids is 1. The lowest BCUT2D eigenvalue weighted by atomic mass is 9.86. The van der Waals surface area contributed by atoms with E-state index in [1.54, 1.807) is 0 Å². The summed E-state index contributed by atoms with van der Waals surface area (Å²) in [6.45, 7) is 12.2. The van der Waals surface area contributed by atoms with Gasteiger partial charge in [0.05, 0.1) is 11.7 Å². The zero-order valence-electron chi connectivity index (χ0n) is 23.3. The Balaban J connectivity index is 1.29. The molecule has 2 fully saturated rings. The molecule has 2 aliphatic rings. The maximum atomic E-state index is 13.3. The molecule has 1 amide bonds. The van der Waals surface area contributed by atoms with Gasteiger partial charge in [0.15, 0.2) is 0 Å². The molecule has 6 nitrogen and oxygen atoms in total. The molecule has 1 aliphatic carbocycles. The summed E-state index contributed by atoms with van der Waals surface area (Å²) in [4.78, 5) is 17.7. The Morgan fingerprint density at radius 1 is 1.16 bits per heavy atom. The van der Waals surface area contributed by atoms with Gasteiger partial charge in [0, 0.05) is 57.3 Å². The topological polar surface area (TPSA) is 65.0 Å². The molecule has 1 saturated heterocycles. The van der Waals surface area contributed by atoms with E-state index in [-0.39, 0.29) is 17.9 Å². The summed E-state index contributed by atoms with van der Waals surface area (Å²) in [5.41, 5.74) is 3.88. The molecule has 4 rings (SSSR count). The van der Waals surface area contributed by atoms with Crippen LogP contribution in [0.2, 0.25) is 0 Å². The molecule has 1 aliphatic heterocycles. The van der Waals surface area contributed by atoms with Crippen molar-refractivity contribution in [3.63, 3.8) is 0 Å². The Morgan fingerprint density at radius 2 is 1.92 bits per heavy atom. The van der Waals surface area contributed by atoms with Gasteiger partial charge >= 0.3 is 0 Å². The molecule has 2 N–H and O–H groups in total. The largest absolute Gasteiger partial charge is 0.490 e. The summed E-state index contributed by atoms with van der Waals surface area (Å²) < 4.78 is 6.27. The van der Waals surface area contributed by atoms with Crippen LogP contribution in [-0.2, 0) is 17.8 Å². The van der Waals surface area contributed by atoms with Crippen LogP contribution in [0.15, 0.2) is 42.5 Å². The molecule has 2 aromatic rings. The fourth-order valence-corrected chi connectivity index (χ4v) is 5.71. The normalized spacial score (nSPS) is 23.0. The SMILES string of the molecule is Cc1cc(N(C)C(=O)[C@H]2CC[C@H](Oc3cccc(CC(C)(C)O)c3)CC2)ccc1CN1CCN[C@@H](C)C1. The van der Waals surface area contributed by atoms with Crippen molar-refractivity contribution < 1.29 is 14.6 Å². The van der Waals surface area contributed by atoms with Crippen LogP contribution in [0.5, 0.6) is 5.75 Å². The molecule has 202 valence electrons. The van der Waals surface area contributed by atoms with Crippen LogP contribution in [0.1, 0.15) is 63.1 Å². The first kappa shape index (κ1) is 27.6. The first-order valence-corrected chi connectivity index (χ1v) is 13.9. The summed E-state index contributed by atoms with van der Waals surface area (Å²) in [6.07, 6.45) is 4.15. The minimum atomic E-state index is -0.744. The van der Waals surface area contributed by atoms with E-state index in [1.165, 1.54) is 11.1 Å². The van der Waals surface area contributed by atoms with Crippen molar-refractivity contribution in [2.45, 2.75) is 84.1 Å². The number of amides is 1. The van der Waals surface area contributed by atoms with Crippen LogP contribution >= 0.6 is 0 Å². The first-order valence-electron chi connectivity index (χ1n) is 13.9. The highest BCUT2D eigenvalue weighted by Crippen LogP contribution is 2.31. The van der Waals surface area contributed by atoms with Gasteiger partial charge in [0.2, 0.25) is 5.91 Å². The van der Waals surface area contributed by atoms with E-state index >= 15 is 0 Å². The number of nitrogens with one attached hydrogen (secondary N) is 1. The first-order chi connectivity index (χ1) is 17.6. The van der Waals surface area contributed by atoms with E-state index in [0.29, 0.717) is 12.5 Å². The molecule has 0 spiro atoms. The number of piperazine rings is 1. The Morgan fingerprint density at radius 3 is 2.59 bits per heavy atom. The Labute approximate surface area is 223 Å². The predicted molar refractivity (Wildman–Crippen MR) is 150 cm³/mol. The number of nitrogens with zero attached hydrogens (tertiary/aromatic N) is 2. The molecule has 0 aromatic heterocycles. The van der Waals surface area contributed by atoms with Gasteiger partial charge in [-0.1, -0.05) is 18.2 Å². The van der Waals surface area contributed by atoms with Crippen molar-refractivity contribution in [1.82, 2.24) is 10.2 Å². The molecule has 1 heterocycles. The average molecular weight is 508 g/mol. The highest BCUT2D eigenvalue weighted by Gasteiger charge is 2.30. The van der Waals surface area contributed by atoms with Crippen molar-refractivity contribution in [2.75, 3.05) is 31.6 Å². The number of aliphatic hydroxyl groups is 1. The summed E-state index contributed by atoms with van der Waals surface area (Å²) in [5, 5.41) is 13.6. The van der Waals surface area contributed by atoms with Gasteiger partial charge in [-0.15, -0.1) is 0 Å². The van der Waals surface area contributed by atoms with Gasteiger partial charge in [0.25, 0.3) is 0 Å². The molecule has 0 radical (unpaired) electrons. The fourth-order valence-electron chi connectivity index (χ4n) is 5.71. The second-order valence-corrected chi connectivity index (χ2v) is 11.8. The predicted octanol–water partition coefficient (Wildman–Crippen LogP) is 4.70. The van der Waals surface area contributed by atoms with Crippen molar-refractivity contribution in [3.05, 3.63) is 59.2 Å². The third-order valence-electron chi connectivity index (χ3n) is 7.75. The van der Waals surface area contributed by atoms with Crippen LogP contribution in [0.25, 0.3) is 0 Å². The molecule has 6 heteroatoms. The molecule has 37 heavy (non-hydrogen) atoms. The van der Waals surface area contributed by atoms with Gasteiger partial charge < -0.3 is 20.1 Å². The molecule has 1 saturated carbocycles. The van der Waals surface area contributed by atoms with Crippen LogP contribution in [0, 0.1) is 12.8 Å². The van der Waals surface area contributed by atoms with Gasteiger partial charge in [-0.25, -0.2) is 0 Å². The standard InChI is InChI=1S/C31H45N3O3/c1-22-17-27(12-9-26(22)21-34-16-15-32-23(2)20-34)33(5)30(35)25-10-13-28(14-11-25)37-29-8-6-7-24(18-29)19-31(3,4)36/h6-9,12,17-18,23,25,28,32,36H,10-11,13-16,19-21H2,1-5H3/t23-,25-,28-/m0/s1. The van der Waals surface area contributed by atoms with E-state index in [2.05, 4.69) is 42.3 Å². The quantitative estimate of drug-likeness (QED) is 0.542. The number of hydrogen-bond donors (Lipinski definition) is 2. The third-order valence-corrected chi connectivity index (χ3v) is 7.75. The Bertz CT molecular complexity index is 1060. The maximum absolute atomic E-state index is 13.3. The minimum Gasteiger partial charge on any atom is -0.490 e. The van der Waals surface area contributed by atoms with Crippen molar-refractivity contribution >= 4 is 11.6 Å². The molecule has 1 atom stereocenters. The molecule has 0 unspecified atom stereocenters. The lowest BCUT2D eigenvalue weighted by molar-refractivity contribution is -0.123. The smallest absolute Gasteiger partial charge is 0.229 e. The highest BCUT2D eigenvalue weighted by atomic mass is 16.5. The number of anilines is 1. The second-order valence-electron chi connectivity index (χ2n) is 11.8. The minimum absolute atomic E-state index is 0.0358. The van der Waals surface area contributed by atoms with Crippen molar-refractivity contribution in [3.8, 4) is 5.75 Å². The van der Waals surface area contributed by atoms with Gasteiger partial charge in [-0.2, -0.15) is 0 Å². The number of hydrogen-bond acceptors (Lipinski definition) is 5. The van der Waals surface area contributed by atoms with Crippen LogP contribution in [0.4, 0.5) is 5.69 Å². The number of carbonyl (C=O) groups is 1. The summed E-state index contributed by atoms with van der Waals surface area (Å²) >= 11 is 0. The van der Waals surface area contributed by atoms with Gasteiger partial charge in [0.1, 0.15) is 5.75 Å². The number of benzene rings is 2. The molecule has 0 bridgehead atoms. The number of rotatable bonds is 8. The zero-order valence-corrected chi connectivity index (χ0v) is 23.3. The summed E-state index contributed by atoms with van der Waals surface area (Å²) in [7, 11) is 1.91. The van der Waals surface area contributed by atoms with Crippen LogP contribution < -0.4 is 15.0 Å². The molecule has 2 aromatic carbocycles. The van der Waals surface area contributed by atoms with E-state index in [1.807, 2.05) is 50.1 Å². The number of ether oxygens (including phenoxy) is 1. The van der Waals surface area contributed by atoms with Gasteiger partial charge in [-0.05, 0) is 94.3 Å². The monoisotopic (exact) mass is 507 g/mol.